The fourth-order valence-corrected chi connectivity index (χ4v) is 2.59. The number of rotatable bonds is 0. The Bertz CT molecular complexity index is 101. The molecule has 1 fully saturated rings. The van der Waals surface area contributed by atoms with Gasteiger partial charge in [0.2, 0.25) is 0 Å². The van der Waals surface area contributed by atoms with Crippen LogP contribution in [0.1, 0.15) is 0 Å². The molecule has 0 N–H and O–H groups in total. The first-order valence-electron chi connectivity index (χ1n) is 2.40. The number of hydrogen-bond donors (Lipinski definition) is 0. The summed E-state index contributed by atoms with van der Waals surface area (Å²) >= 11 is 3.55. The molecule has 0 aliphatic carbocycles. The van der Waals surface area contributed by atoms with Gasteiger partial charge in [-0.15, -0.1) is 11.8 Å². The molecule has 8 heavy (non-hydrogen) atoms. The Kier molecular flexibility index (Phi) is 2.57. The average molecular weight is 144 g/mol. The molecule has 0 amide bonds. The lowest BCUT2D eigenvalue weighted by Gasteiger charge is -2.11. The first-order chi connectivity index (χ1) is 3.93. The zero-order valence-corrected chi connectivity index (χ0v) is 6.02. The quantitative estimate of drug-likeness (QED) is 0.515. The van der Waals surface area contributed by atoms with Gasteiger partial charge in [0.05, 0.1) is 6.07 Å². The Morgan fingerprint density at radius 1 is 1.50 bits per heavy atom. The summed E-state index contributed by atoms with van der Waals surface area (Å²) in [5.41, 5.74) is 0. The monoisotopic (exact) mass is 144 g/mol. The molecule has 1 rings (SSSR count). The van der Waals surface area contributed by atoms with E-state index >= 15 is 0 Å². The number of nitriles is 1. The molecule has 1 aliphatic rings. The van der Waals surface area contributed by atoms with Gasteiger partial charge < -0.3 is 0 Å². The van der Waals surface area contributed by atoms with Crippen LogP contribution in [0.5, 0.6) is 0 Å². The van der Waals surface area contributed by atoms with E-state index in [0.717, 1.165) is 16.8 Å². The molecule has 0 spiro atoms. The van der Waals surface area contributed by atoms with Gasteiger partial charge in [0.15, 0.2) is 0 Å². The Balaban J connectivity index is 2.25. The van der Waals surface area contributed by atoms with Crippen molar-refractivity contribution in [3.63, 3.8) is 0 Å². The highest BCUT2D eigenvalue weighted by molar-refractivity contribution is 8.08. The maximum atomic E-state index is 8.37. The van der Waals surface area contributed by atoms with Crippen molar-refractivity contribution in [2.24, 2.45) is 0 Å². The van der Waals surface area contributed by atoms with Crippen LogP contribution in [-0.4, -0.2) is 17.3 Å². The molecule has 0 bridgehead atoms. The van der Waals surface area contributed by atoms with Crippen molar-refractivity contribution in [2.45, 2.75) is 0 Å². The molecule has 0 aromatic rings. The van der Waals surface area contributed by atoms with Gasteiger partial charge in [0.1, 0.15) is 5.25 Å². The normalized spacial score (nSPS) is 22.4. The Morgan fingerprint density at radius 2 is 2.38 bits per heavy atom. The summed E-state index contributed by atoms with van der Waals surface area (Å²) < 4.78 is 0. The standard InChI is InChI=1S/C5H6NS2/c6-3-5-4-7-1-2-8-5/h1-2,4H2. The Labute approximate surface area is 57.8 Å². The van der Waals surface area contributed by atoms with Gasteiger partial charge in [-0.05, 0) is 0 Å². The van der Waals surface area contributed by atoms with Crippen LogP contribution in [0, 0.1) is 16.6 Å². The summed E-state index contributed by atoms with van der Waals surface area (Å²) in [6, 6.07) is 2.16. The topological polar surface area (TPSA) is 23.8 Å². The molecule has 0 saturated carbocycles. The van der Waals surface area contributed by atoms with Gasteiger partial charge in [-0.25, -0.2) is 0 Å². The van der Waals surface area contributed by atoms with Gasteiger partial charge in [-0.3, -0.25) is 0 Å². The summed E-state index contributed by atoms with van der Waals surface area (Å²) in [6.07, 6.45) is 0. The van der Waals surface area contributed by atoms with Crippen LogP contribution < -0.4 is 0 Å². The van der Waals surface area contributed by atoms with Crippen molar-refractivity contribution in [3.8, 4) is 6.07 Å². The third kappa shape index (κ3) is 1.61. The lowest BCUT2D eigenvalue weighted by atomic mass is 10.5. The summed E-state index contributed by atoms with van der Waals surface area (Å²) in [7, 11) is 0. The van der Waals surface area contributed by atoms with Crippen molar-refractivity contribution < 1.29 is 0 Å². The average Bonchev–Trinajstić information content (AvgIpc) is 1.90. The van der Waals surface area contributed by atoms with Gasteiger partial charge in [0.25, 0.3) is 0 Å². The third-order valence-corrected chi connectivity index (χ3v) is 3.28. The molecule has 0 aromatic carbocycles. The molecule has 0 atom stereocenters. The summed E-state index contributed by atoms with van der Waals surface area (Å²) in [5, 5.41) is 9.36. The minimum Gasteiger partial charge on any atom is -0.197 e. The molecule has 1 nitrogen and oxygen atoms in total. The van der Waals surface area contributed by atoms with Crippen LogP contribution in [0.4, 0.5) is 0 Å². The third-order valence-electron chi connectivity index (χ3n) is 0.862. The largest absolute Gasteiger partial charge is 0.197 e. The fraction of sp³-hybridized carbons (Fsp3) is 0.600. The van der Waals surface area contributed by atoms with Gasteiger partial charge in [0, 0.05) is 17.3 Å². The highest BCUT2D eigenvalue weighted by Crippen LogP contribution is 2.28. The molecule has 1 heterocycles. The van der Waals surface area contributed by atoms with Gasteiger partial charge >= 0.3 is 0 Å². The first kappa shape index (κ1) is 6.31. The molecule has 1 radical (unpaired) electrons. The van der Waals surface area contributed by atoms with E-state index < -0.39 is 0 Å². The highest BCUT2D eigenvalue weighted by Gasteiger charge is 2.12. The van der Waals surface area contributed by atoms with Crippen LogP contribution in [0.3, 0.4) is 0 Å². The van der Waals surface area contributed by atoms with E-state index in [4.69, 9.17) is 5.26 Å². The zero-order chi connectivity index (χ0) is 5.82. The van der Waals surface area contributed by atoms with Crippen molar-refractivity contribution in [3.05, 3.63) is 5.25 Å². The van der Waals surface area contributed by atoms with Crippen LogP contribution in [0.2, 0.25) is 0 Å². The molecular formula is C5H6NS2. The zero-order valence-electron chi connectivity index (χ0n) is 4.39. The number of thioether (sulfide) groups is 2. The Hall–Kier alpha value is 0.190. The molecular weight excluding hydrogens is 138 g/mol. The SMILES string of the molecule is N#C[C]1CSCCS1. The van der Waals surface area contributed by atoms with E-state index in [1.54, 1.807) is 11.8 Å². The Morgan fingerprint density at radius 3 is 2.75 bits per heavy atom. The summed E-state index contributed by atoms with van der Waals surface area (Å²) in [4.78, 5) is 0. The van der Waals surface area contributed by atoms with E-state index in [1.807, 2.05) is 11.8 Å². The second-order valence-corrected chi connectivity index (χ2v) is 3.73. The molecule has 3 heteroatoms. The predicted molar refractivity (Wildman–Crippen MR) is 38.6 cm³/mol. The first-order valence-corrected chi connectivity index (χ1v) is 4.54. The van der Waals surface area contributed by atoms with Crippen molar-refractivity contribution in [2.75, 3.05) is 17.3 Å². The minimum absolute atomic E-state index is 0.946. The maximum Gasteiger partial charge on any atom is 0.140 e. The molecule has 0 aromatic heterocycles. The second kappa shape index (κ2) is 3.26. The molecule has 1 saturated heterocycles. The summed E-state index contributed by atoms with van der Waals surface area (Å²) in [6.45, 7) is 0. The van der Waals surface area contributed by atoms with Crippen LogP contribution >= 0.6 is 23.5 Å². The lowest BCUT2D eigenvalue weighted by Crippen LogP contribution is -2.02. The van der Waals surface area contributed by atoms with Crippen LogP contribution in [0.25, 0.3) is 0 Å². The van der Waals surface area contributed by atoms with Crippen LogP contribution in [0.15, 0.2) is 0 Å². The number of hydrogen-bond acceptors (Lipinski definition) is 3. The molecule has 1 aliphatic heterocycles. The van der Waals surface area contributed by atoms with E-state index in [-0.39, 0.29) is 0 Å². The minimum atomic E-state index is 0.946. The summed E-state index contributed by atoms with van der Waals surface area (Å²) in [5.74, 6) is 3.27. The van der Waals surface area contributed by atoms with Crippen LogP contribution in [-0.2, 0) is 0 Å². The van der Waals surface area contributed by atoms with Gasteiger partial charge in [-0.2, -0.15) is 17.0 Å². The number of nitrogens with zero attached hydrogens (tertiary/aromatic N) is 1. The predicted octanol–water partition coefficient (Wildman–Crippen LogP) is 1.52. The molecule has 43 valence electrons. The highest BCUT2D eigenvalue weighted by atomic mass is 32.2. The second-order valence-electron chi connectivity index (χ2n) is 1.44. The van der Waals surface area contributed by atoms with Crippen molar-refractivity contribution in [1.29, 1.82) is 5.26 Å². The van der Waals surface area contributed by atoms with Gasteiger partial charge in [-0.1, -0.05) is 0 Å². The van der Waals surface area contributed by atoms with E-state index in [9.17, 15) is 0 Å². The van der Waals surface area contributed by atoms with Crippen molar-refractivity contribution in [1.82, 2.24) is 0 Å². The molecule has 0 unspecified atom stereocenters. The maximum absolute atomic E-state index is 8.37. The fourth-order valence-electron chi connectivity index (χ4n) is 0.495. The van der Waals surface area contributed by atoms with E-state index in [1.165, 1.54) is 5.75 Å². The lowest BCUT2D eigenvalue weighted by molar-refractivity contribution is 1.38. The van der Waals surface area contributed by atoms with Crippen molar-refractivity contribution >= 4 is 23.5 Å². The van der Waals surface area contributed by atoms with E-state index in [2.05, 4.69) is 6.07 Å². The smallest absolute Gasteiger partial charge is 0.140 e. The van der Waals surface area contributed by atoms with E-state index in [0.29, 0.717) is 0 Å².